The van der Waals surface area contributed by atoms with E-state index in [9.17, 15) is 14.7 Å². The highest BCUT2D eigenvalue weighted by Crippen LogP contribution is 2.41. The van der Waals surface area contributed by atoms with Crippen LogP contribution in [0.4, 0.5) is 5.82 Å². The molecule has 0 spiro atoms. The van der Waals surface area contributed by atoms with Gasteiger partial charge in [0.25, 0.3) is 5.78 Å². The third kappa shape index (κ3) is 3.14. The molecule has 3 heterocycles. The zero-order chi connectivity index (χ0) is 20.5. The summed E-state index contributed by atoms with van der Waals surface area (Å²) in [5.41, 5.74) is 0.894. The van der Waals surface area contributed by atoms with E-state index >= 15 is 0 Å². The molecule has 1 fully saturated rings. The summed E-state index contributed by atoms with van der Waals surface area (Å²) in [6.07, 6.45) is 3.12. The fourth-order valence-electron chi connectivity index (χ4n) is 3.29. The average molecular weight is 391 g/mol. The van der Waals surface area contributed by atoms with E-state index in [1.807, 2.05) is 0 Å². The van der Waals surface area contributed by atoms with Crippen LogP contribution in [0.25, 0.3) is 5.76 Å². The monoisotopic (exact) mass is 391 g/mol. The fraction of sp³-hybridized carbons (Fsp3) is 0.143. The Labute approximate surface area is 166 Å². The molecule has 8 nitrogen and oxygen atoms in total. The molecule has 1 aliphatic rings. The van der Waals surface area contributed by atoms with Gasteiger partial charge in [0.05, 0.1) is 18.7 Å². The van der Waals surface area contributed by atoms with Gasteiger partial charge < -0.3 is 14.4 Å². The molecular formula is C21H17N3O5. The molecule has 8 heteroatoms. The van der Waals surface area contributed by atoms with Crippen LogP contribution in [0.2, 0.25) is 0 Å². The number of methoxy groups -OCH3 is 1. The third-order valence-corrected chi connectivity index (χ3v) is 4.67. The zero-order valence-electron chi connectivity index (χ0n) is 15.7. The second-order valence-corrected chi connectivity index (χ2v) is 6.48. The van der Waals surface area contributed by atoms with E-state index in [-0.39, 0.29) is 17.2 Å². The molecule has 1 saturated heterocycles. The molecule has 0 bridgehead atoms. The lowest BCUT2D eigenvalue weighted by Crippen LogP contribution is -2.29. The maximum Gasteiger partial charge on any atom is 0.301 e. The Hall–Kier alpha value is -3.94. The number of amides is 1. The molecule has 0 radical (unpaired) electrons. The van der Waals surface area contributed by atoms with E-state index in [1.165, 1.54) is 18.2 Å². The summed E-state index contributed by atoms with van der Waals surface area (Å²) in [5.74, 6) is -0.629. The summed E-state index contributed by atoms with van der Waals surface area (Å²) >= 11 is 0. The number of anilines is 1. The van der Waals surface area contributed by atoms with Crippen molar-refractivity contribution in [3.63, 3.8) is 0 Å². The molecule has 1 unspecified atom stereocenters. The minimum atomic E-state index is -0.893. The van der Waals surface area contributed by atoms with Crippen LogP contribution in [0.3, 0.4) is 0 Å². The minimum Gasteiger partial charge on any atom is -0.507 e. The normalized spacial score (nSPS) is 18.3. The predicted octanol–water partition coefficient (Wildman–Crippen LogP) is 3.01. The third-order valence-electron chi connectivity index (χ3n) is 4.67. The summed E-state index contributed by atoms with van der Waals surface area (Å²) in [7, 11) is 1.53. The number of rotatable bonds is 4. The number of aliphatic hydroxyl groups excluding tert-OH is 1. The van der Waals surface area contributed by atoms with Gasteiger partial charge in [0.15, 0.2) is 5.82 Å². The van der Waals surface area contributed by atoms with E-state index in [0.29, 0.717) is 22.6 Å². The maximum atomic E-state index is 12.9. The number of hydrogen-bond acceptors (Lipinski definition) is 7. The van der Waals surface area contributed by atoms with Crippen LogP contribution >= 0.6 is 0 Å². The van der Waals surface area contributed by atoms with Gasteiger partial charge in [-0.05, 0) is 42.8 Å². The molecule has 2 aromatic heterocycles. The summed E-state index contributed by atoms with van der Waals surface area (Å²) < 4.78 is 10.2. The van der Waals surface area contributed by atoms with Gasteiger partial charge in [0, 0.05) is 24.0 Å². The predicted molar refractivity (Wildman–Crippen MR) is 103 cm³/mol. The van der Waals surface area contributed by atoms with Crippen molar-refractivity contribution in [2.45, 2.75) is 13.0 Å². The first-order valence-electron chi connectivity index (χ1n) is 8.80. The van der Waals surface area contributed by atoms with Crippen molar-refractivity contribution in [2.75, 3.05) is 12.0 Å². The first-order chi connectivity index (χ1) is 14.0. The molecule has 0 saturated carbocycles. The average Bonchev–Trinajstić information content (AvgIpc) is 3.29. The Morgan fingerprint density at radius 2 is 1.97 bits per heavy atom. The molecule has 3 aromatic rings. The second-order valence-electron chi connectivity index (χ2n) is 6.48. The Morgan fingerprint density at radius 3 is 2.55 bits per heavy atom. The molecular weight excluding hydrogens is 374 g/mol. The van der Waals surface area contributed by atoms with Gasteiger partial charge in [-0.25, -0.2) is 0 Å². The first kappa shape index (κ1) is 18.4. The minimum absolute atomic E-state index is 0.0474. The highest BCUT2D eigenvalue weighted by atomic mass is 16.5. The van der Waals surface area contributed by atoms with Crippen molar-refractivity contribution in [1.29, 1.82) is 0 Å². The molecule has 0 aliphatic carbocycles. The lowest BCUT2D eigenvalue weighted by atomic mass is 9.96. The van der Waals surface area contributed by atoms with Gasteiger partial charge in [0.1, 0.15) is 17.3 Å². The number of carbonyl (C=O) groups excluding carboxylic acids is 2. The maximum absolute atomic E-state index is 12.9. The molecule has 4 rings (SSSR count). The number of carbonyl (C=O) groups is 2. The van der Waals surface area contributed by atoms with Crippen LogP contribution in [-0.2, 0) is 9.59 Å². The Morgan fingerprint density at radius 1 is 1.21 bits per heavy atom. The highest BCUT2D eigenvalue weighted by molar-refractivity contribution is 6.51. The van der Waals surface area contributed by atoms with Crippen molar-refractivity contribution >= 4 is 23.3 Å². The van der Waals surface area contributed by atoms with Crippen LogP contribution in [-0.4, -0.2) is 34.0 Å². The standard InChI is InChI=1S/C21H17N3O5/c1-12-10-16(23-29-12)24-18(14-4-3-9-22-11-14)17(20(26)21(24)27)19(25)13-5-7-15(28-2)8-6-13/h3-11,18,25H,1-2H3/b19-17-. The Balaban J connectivity index is 1.90. The van der Waals surface area contributed by atoms with Crippen LogP contribution in [0.1, 0.15) is 22.9 Å². The SMILES string of the molecule is COc1ccc(/C(O)=C2/C(=O)C(=O)N(c3cc(C)on3)C2c2cccnc2)cc1. The zero-order valence-corrected chi connectivity index (χ0v) is 15.7. The van der Waals surface area contributed by atoms with Gasteiger partial charge in [-0.1, -0.05) is 11.2 Å². The number of aryl methyl sites for hydroxylation is 1. The number of nitrogens with zero attached hydrogens (tertiary/aromatic N) is 3. The number of Topliss-reactive ketones (excluding diaryl/α,β-unsaturated/α-hetero) is 1. The number of ether oxygens (including phenoxy) is 1. The summed E-state index contributed by atoms with van der Waals surface area (Å²) in [6, 6.07) is 10.6. The molecule has 1 aliphatic heterocycles. The molecule has 1 amide bonds. The van der Waals surface area contributed by atoms with Gasteiger partial charge in [-0.2, -0.15) is 0 Å². The van der Waals surface area contributed by atoms with Gasteiger partial charge in [-0.3, -0.25) is 19.5 Å². The van der Waals surface area contributed by atoms with Crippen molar-refractivity contribution < 1.29 is 24.0 Å². The highest BCUT2D eigenvalue weighted by Gasteiger charge is 2.48. The fourth-order valence-corrected chi connectivity index (χ4v) is 3.29. The largest absolute Gasteiger partial charge is 0.507 e. The van der Waals surface area contributed by atoms with Gasteiger partial charge >= 0.3 is 5.91 Å². The lowest BCUT2D eigenvalue weighted by molar-refractivity contribution is -0.132. The van der Waals surface area contributed by atoms with Gasteiger partial charge in [-0.15, -0.1) is 0 Å². The summed E-state index contributed by atoms with van der Waals surface area (Å²) in [6.45, 7) is 1.68. The van der Waals surface area contributed by atoms with Gasteiger partial charge in [0.2, 0.25) is 0 Å². The molecule has 1 atom stereocenters. The van der Waals surface area contributed by atoms with Crippen LogP contribution in [0.15, 0.2) is 65.0 Å². The smallest absolute Gasteiger partial charge is 0.301 e. The van der Waals surface area contributed by atoms with Crippen LogP contribution < -0.4 is 9.64 Å². The molecule has 29 heavy (non-hydrogen) atoms. The Bertz CT molecular complexity index is 1100. The number of ketones is 1. The van der Waals surface area contributed by atoms with Crippen molar-refractivity contribution in [3.05, 3.63) is 77.3 Å². The van der Waals surface area contributed by atoms with Crippen molar-refractivity contribution in [2.24, 2.45) is 0 Å². The molecule has 1 aromatic carbocycles. The number of hydrogen-bond donors (Lipinski definition) is 1. The van der Waals surface area contributed by atoms with Crippen molar-refractivity contribution in [1.82, 2.24) is 10.1 Å². The summed E-state index contributed by atoms with van der Waals surface area (Å²) in [4.78, 5) is 31.1. The van der Waals surface area contributed by atoms with Crippen molar-refractivity contribution in [3.8, 4) is 5.75 Å². The molecule has 146 valence electrons. The van der Waals surface area contributed by atoms with E-state index in [1.54, 1.807) is 55.6 Å². The van der Waals surface area contributed by atoms with E-state index in [0.717, 1.165) is 0 Å². The van der Waals surface area contributed by atoms with E-state index in [2.05, 4.69) is 10.1 Å². The quantitative estimate of drug-likeness (QED) is 0.414. The topological polar surface area (TPSA) is 106 Å². The number of aliphatic hydroxyl groups is 1. The summed E-state index contributed by atoms with van der Waals surface area (Å²) in [5, 5.41) is 14.8. The number of benzene rings is 1. The van der Waals surface area contributed by atoms with E-state index < -0.39 is 17.7 Å². The van der Waals surface area contributed by atoms with Crippen LogP contribution in [0, 0.1) is 6.92 Å². The van der Waals surface area contributed by atoms with E-state index in [4.69, 9.17) is 9.26 Å². The van der Waals surface area contributed by atoms with Crippen LogP contribution in [0.5, 0.6) is 5.75 Å². The second kappa shape index (κ2) is 7.23. The Kier molecular flexibility index (Phi) is 4.59. The first-order valence-corrected chi connectivity index (χ1v) is 8.80. The molecule has 1 N–H and O–H groups in total. The number of aromatic nitrogens is 2. The lowest BCUT2D eigenvalue weighted by Gasteiger charge is -2.22. The number of pyridine rings is 1.